The number of carbonyl (C=O) groups excluding carboxylic acids is 1. The van der Waals surface area contributed by atoms with Gasteiger partial charge in [-0.15, -0.1) is 24.0 Å². The molecule has 0 aliphatic carbocycles. The van der Waals surface area contributed by atoms with Gasteiger partial charge >= 0.3 is 0 Å². The summed E-state index contributed by atoms with van der Waals surface area (Å²) in [6.07, 6.45) is 0. The maximum Gasteiger partial charge on any atom is 0.259 e. The van der Waals surface area contributed by atoms with E-state index in [1.807, 2.05) is 24.3 Å². The highest BCUT2D eigenvalue weighted by Gasteiger charge is 2.19. The zero-order valence-electron chi connectivity index (χ0n) is 19.9. The second-order valence-corrected chi connectivity index (χ2v) is 8.14. The Morgan fingerprint density at radius 1 is 1.03 bits per heavy atom. The van der Waals surface area contributed by atoms with E-state index in [9.17, 15) is 4.79 Å². The van der Waals surface area contributed by atoms with E-state index in [-0.39, 0.29) is 36.5 Å². The van der Waals surface area contributed by atoms with Crippen molar-refractivity contribution in [3.63, 3.8) is 0 Å². The Balaban J connectivity index is 0.00000385. The van der Waals surface area contributed by atoms with Gasteiger partial charge in [-0.3, -0.25) is 9.69 Å². The van der Waals surface area contributed by atoms with Crippen molar-refractivity contribution in [2.75, 3.05) is 53.4 Å². The number of amides is 1. The molecule has 1 aliphatic heterocycles. The average Bonchev–Trinajstić information content (AvgIpc) is 2.81. The van der Waals surface area contributed by atoms with Crippen LogP contribution in [0.1, 0.15) is 18.1 Å². The summed E-state index contributed by atoms with van der Waals surface area (Å²) in [7, 11) is 3.45. The maximum absolute atomic E-state index is 11.8. The molecule has 2 aromatic rings. The number of ether oxygens (including phenoxy) is 1. The predicted octanol–water partition coefficient (Wildman–Crippen LogP) is 3.05. The lowest BCUT2D eigenvalue weighted by Gasteiger charge is -2.36. The zero-order chi connectivity index (χ0) is 22.8. The van der Waals surface area contributed by atoms with Gasteiger partial charge in [0.2, 0.25) is 0 Å². The van der Waals surface area contributed by atoms with E-state index >= 15 is 0 Å². The lowest BCUT2D eigenvalue weighted by atomic mass is 10.2. The van der Waals surface area contributed by atoms with Crippen LogP contribution in [0.3, 0.4) is 0 Å². The first-order valence-corrected chi connectivity index (χ1v) is 11.3. The number of likely N-dealkylation sites (N-methyl/N-ethyl adjacent to an activating group) is 1. The van der Waals surface area contributed by atoms with E-state index in [2.05, 4.69) is 52.4 Å². The first kappa shape index (κ1) is 26.9. The number of hydrogen-bond acceptors (Lipinski definition) is 4. The first-order valence-electron chi connectivity index (χ1n) is 11.3. The molecule has 1 heterocycles. The molecule has 1 aliphatic rings. The molecule has 0 bridgehead atoms. The largest absolute Gasteiger partial charge is 0.484 e. The number of hydrogen-bond donors (Lipinski definition) is 1. The molecule has 0 saturated carbocycles. The van der Waals surface area contributed by atoms with E-state index < -0.39 is 0 Å². The van der Waals surface area contributed by atoms with E-state index in [0.717, 1.165) is 50.8 Å². The predicted molar refractivity (Wildman–Crippen MR) is 144 cm³/mol. The van der Waals surface area contributed by atoms with Crippen molar-refractivity contribution >= 4 is 35.8 Å². The van der Waals surface area contributed by atoms with Crippen LogP contribution in [0.15, 0.2) is 59.6 Å². The number of piperazine rings is 1. The molecule has 3 rings (SSSR count). The van der Waals surface area contributed by atoms with Crippen molar-refractivity contribution in [2.45, 2.75) is 20.0 Å². The summed E-state index contributed by atoms with van der Waals surface area (Å²) < 4.78 is 5.63. The Kier molecular flexibility index (Phi) is 11.5. The first-order chi connectivity index (χ1) is 15.5. The Labute approximate surface area is 214 Å². The van der Waals surface area contributed by atoms with Crippen LogP contribution in [0.25, 0.3) is 0 Å². The topological polar surface area (TPSA) is 60.4 Å². The molecule has 1 amide bonds. The molecule has 1 N–H and O–H groups in total. The molecular weight excluding hydrogens is 529 g/mol. The van der Waals surface area contributed by atoms with Crippen molar-refractivity contribution in [2.24, 2.45) is 4.99 Å². The highest BCUT2D eigenvalue weighted by molar-refractivity contribution is 14.0. The maximum atomic E-state index is 11.8. The van der Waals surface area contributed by atoms with Crippen LogP contribution in [0.5, 0.6) is 5.75 Å². The quantitative estimate of drug-likeness (QED) is 0.303. The fourth-order valence-electron chi connectivity index (χ4n) is 3.56. The third kappa shape index (κ3) is 8.85. The molecule has 0 unspecified atom stereocenters. The normalized spacial score (nSPS) is 14.4. The van der Waals surface area contributed by atoms with Crippen molar-refractivity contribution in [3.8, 4) is 5.75 Å². The van der Waals surface area contributed by atoms with Gasteiger partial charge < -0.3 is 19.9 Å². The van der Waals surface area contributed by atoms with Gasteiger partial charge in [0.25, 0.3) is 5.91 Å². The summed E-state index contributed by atoms with van der Waals surface area (Å²) >= 11 is 0. The summed E-state index contributed by atoms with van der Waals surface area (Å²) in [4.78, 5) is 23.0. The molecule has 2 aromatic carbocycles. The van der Waals surface area contributed by atoms with E-state index in [1.165, 1.54) is 10.5 Å². The molecule has 7 nitrogen and oxygen atoms in total. The van der Waals surface area contributed by atoms with Crippen molar-refractivity contribution < 1.29 is 9.53 Å². The summed E-state index contributed by atoms with van der Waals surface area (Å²) in [6.45, 7) is 8.46. The third-order valence-electron chi connectivity index (χ3n) is 5.43. The number of rotatable bonds is 8. The number of nitrogens with one attached hydrogen (secondary N) is 1. The second kappa shape index (κ2) is 14.0. The highest BCUT2D eigenvalue weighted by atomic mass is 127. The number of carbonyl (C=O) groups is 1. The Bertz CT molecular complexity index is 883. The standard InChI is InChI=1S/C25H35N5O2.HI/c1-4-26-25(30-15-13-29(14-16-30)19-21-9-6-5-7-10-21)27-18-22-11-8-12-23(17-22)32-20-24(31)28(2)3;/h5-12,17H,4,13-16,18-20H2,1-3H3,(H,26,27);1H. The van der Waals surface area contributed by atoms with Gasteiger partial charge in [0, 0.05) is 53.4 Å². The molecule has 33 heavy (non-hydrogen) atoms. The average molecular weight is 566 g/mol. The molecule has 0 radical (unpaired) electrons. The van der Waals surface area contributed by atoms with Crippen LogP contribution in [0, 0.1) is 0 Å². The van der Waals surface area contributed by atoms with Gasteiger partial charge in [0.15, 0.2) is 12.6 Å². The SMILES string of the molecule is CCNC(=NCc1cccc(OCC(=O)N(C)C)c1)N1CCN(Cc2ccccc2)CC1.I. The number of halogens is 1. The monoisotopic (exact) mass is 565 g/mol. The lowest BCUT2D eigenvalue weighted by Crippen LogP contribution is -2.52. The number of guanidine groups is 1. The molecule has 0 aromatic heterocycles. The summed E-state index contributed by atoms with van der Waals surface area (Å²) in [5.74, 6) is 1.57. The van der Waals surface area contributed by atoms with Gasteiger partial charge in [-0.2, -0.15) is 0 Å². The van der Waals surface area contributed by atoms with Crippen LogP contribution < -0.4 is 10.1 Å². The molecule has 0 spiro atoms. The third-order valence-corrected chi connectivity index (χ3v) is 5.43. The minimum atomic E-state index is -0.0609. The zero-order valence-corrected chi connectivity index (χ0v) is 22.2. The van der Waals surface area contributed by atoms with E-state index in [1.54, 1.807) is 14.1 Å². The fraction of sp³-hybridized carbons (Fsp3) is 0.440. The number of aliphatic imine (C=N–C) groups is 1. The van der Waals surface area contributed by atoms with Crippen LogP contribution in [-0.4, -0.2) is 80.0 Å². The molecule has 8 heteroatoms. The Morgan fingerprint density at radius 3 is 2.39 bits per heavy atom. The van der Waals surface area contributed by atoms with Crippen molar-refractivity contribution in [1.29, 1.82) is 0 Å². The van der Waals surface area contributed by atoms with Crippen LogP contribution in [-0.2, 0) is 17.9 Å². The Hall–Kier alpha value is -2.33. The summed E-state index contributed by atoms with van der Waals surface area (Å²) in [5, 5.41) is 3.43. The van der Waals surface area contributed by atoms with Crippen molar-refractivity contribution in [3.05, 3.63) is 65.7 Å². The molecule has 180 valence electrons. The van der Waals surface area contributed by atoms with E-state index in [4.69, 9.17) is 9.73 Å². The summed E-state index contributed by atoms with van der Waals surface area (Å²) in [5.41, 5.74) is 2.41. The minimum absolute atomic E-state index is 0. The van der Waals surface area contributed by atoms with Gasteiger partial charge in [-0.25, -0.2) is 4.99 Å². The van der Waals surface area contributed by atoms with Gasteiger partial charge in [0.05, 0.1) is 6.54 Å². The van der Waals surface area contributed by atoms with Gasteiger partial charge in [-0.05, 0) is 30.2 Å². The minimum Gasteiger partial charge on any atom is -0.484 e. The molecular formula is C25H36IN5O2. The van der Waals surface area contributed by atoms with Crippen LogP contribution in [0.4, 0.5) is 0 Å². The molecule has 1 saturated heterocycles. The number of benzene rings is 2. The van der Waals surface area contributed by atoms with Crippen LogP contribution in [0.2, 0.25) is 0 Å². The fourth-order valence-corrected chi connectivity index (χ4v) is 3.56. The van der Waals surface area contributed by atoms with E-state index in [0.29, 0.717) is 12.3 Å². The summed E-state index contributed by atoms with van der Waals surface area (Å²) in [6, 6.07) is 18.4. The molecule has 0 atom stereocenters. The highest BCUT2D eigenvalue weighted by Crippen LogP contribution is 2.15. The lowest BCUT2D eigenvalue weighted by molar-refractivity contribution is -0.130. The number of nitrogens with zero attached hydrogens (tertiary/aromatic N) is 4. The van der Waals surface area contributed by atoms with Gasteiger partial charge in [-0.1, -0.05) is 42.5 Å². The van der Waals surface area contributed by atoms with Crippen LogP contribution >= 0.6 is 24.0 Å². The molecule has 1 fully saturated rings. The Morgan fingerprint density at radius 2 is 1.73 bits per heavy atom. The smallest absolute Gasteiger partial charge is 0.259 e. The van der Waals surface area contributed by atoms with Crippen molar-refractivity contribution in [1.82, 2.24) is 20.0 Å². The second-order valence-electron chi connectivity index (χ2n) is 8.14. The van der Waals surface area contributed by atoms with Gasteiger partial charge in [0.1, 0.15) is 5.75 Å².